The van der Waals surface area contributed by atoms with Crippen LogP contribution in [0.1, 0.15) is 81.8 Å². The van der Waals surface area contributed by atoms with Crippen molar-refractivity contribution in [2.45, 2.75) is 84.0 Å². The van der Waals surface area contributed by atoms with Gasteiger partial charge in [0.2, 0.25) is 11.8 Å². The van der Waals surface area contributed by atoms with Crippen molar-refractivity contribution in [2.75, 3.05) is 34.5 Å². The number of halogens is 1. The lowest BCUT2D eigenvalue weighted by molar-refractivity contribution is -0.163. The van der Waals surface area contributed by atoms with Gasteiger partial charge < -0.3 is 37.6 Å². The molecule has 1 aliphatic carbocycles. The third-order valence-electron chi connectivity index (χ3n) is 8.88. The van der Waals surface area contributed by atoms with Gasteiger partial charge in [0.25, 0.3) is 0 Å². The van der Waals surface area contributed by atoms with E-state index >= 15 is 0 Å². The first kappa shape index (κ1) is 39.9. The molecular weight excluding hydrogens is 676 g/mol. The highest BCUT2D eigenvalue weighted by Gasteiger charge is 2.31. The molecule has 0 spiro atoms. The summed E-state index contributed by atoms with van der Waals surface area (Å²) in [6.45, 7) is 8.78. The van der Waals surface area contributed by atoms with Gasteiger partial charge in [0.05, 0.1) is 27.4 Å². The van der Waals surface area contributed by atoms with Crippen LogP contribution in [0.4, 0.5) is 0 Å². The fraction of sp³-hybridized carbons (Fsp3) is 0.513. The third-order valence-corrected chi connectivity index (χ3v) is 9.27. The Morgan fingerprint density at radius 1 is 0.902 bits per heavy atom. The van der Waals surface area contributed by atoms with Crippen LogP contribution in [0.5, 0.6) is 11.5 Å². The van der Waals surface area contributed by atoms with Crippen LogP contribution in [0.2, 0.25) is 0 Å². The highest BCUT2D eigenvalue weighted by Crippen LogP contribution is 2.33. The summed E-state index contributed by atoms with van der Waals surface area (Å²) in [6.07, 6.45) is 5.74. The molecule has 5 rings (SSSR count). The largest absolute Gasteiger partial charge is 0.497 e. The number of carboxylic acids is 1. The fourth-order valence-corrected chi connectivity index (χ4v) is 6.02. The van der Waals surface area contributed by atoms with E-state index in [-0.39, 0.29) is 0 Å². The molecule has 11 nitrogen and oxygen atoms in total. The maximum atomic E-state index is 11.2. The molecule has 3 atom stereocenters. The second-order valence-corrected chi connectivity index (χ2v) is 13.4. The summed E-state index contributed by atoms with van der Waals surface area (Å²) >= 11 is 6.06. The molecule has 51 heavy (non-hydrogen) atoms. The Morgan fingerprint density at radius 3 is 2.02 bits per heavy atom. The molecule has 1 N–H and O–H groups in total. The molecule has 0 amide bonds. The summed E-state index contributed by atoms with van der Waals surface area (Å²) in [4.78, 5) is 20.3. The number of methoxy groups -OCH3 is 3. The lowest BCUT2D eigenvalue weighted by Gasteiger charge is -2.31. The SMILES string of the molecule is CCc1oc(-c2cccc(OC)c2)nc1C(Cl)OC.CCc1oc(-c2cccc(OC)c2)nc1COC[C@H]1CCC[C@@H](COC(C)(C)C(=O)O)C1. The molecule has 12 heteroatoms. The zero-order valence-electron chi connectivity index (χ0n) is 30.7. The van der Waals surface area contributed by atoms with Crippen molar-refractivity contribution in [3.05, 3.63) is 71.4 Å². The molecule has 0 aliphatic heterocycles. The van der Waals surface area contributed by atoms with E-state index in [1.807, 2.05) is 62.4 Å². The molecule has 0 bridgehead atoms. The van der Waals surface area contributed by atoms with Gasteiger partial charge in [-0.1, -0.05) is 44.0 Å². The number of alkyl halides is 1. The van der Waals surface area contributed by atoms with Gasteiger partial charge in [0.1, 0.15) is 34.4 Å². The van der Waals surface area contributed by atoms with Crippen LogP contribution < -0.4 is 9.47 Å². The maximum Gasteiger partial charge on any atom is 0.335 e. The van der Waals surface area contributed by atoms with E-state index in [0.29, 0.717) is 55.6 Å². The molecule has 0 radical (unpaired) electrons. The topological polar surface area (TPSA) is 136 Å². The molecule has 2 aromatic heterocycles. The first-order valence-electron chi connectivity index (χ1n) is 17.4. The zero-order valence-corrected chi connectivity index (χ0v) is 31.5. The van der Waals surface area contributed by atoms with E-state index in [4.69, 9.17) is 44.1 Å². The van der Waals surface area contributed by atoms with Crippen LogP contribution in [0.15, 0.2) is 57.4 Å². The van der Waals surface area contributed by atoms with Crippen LogP contribution in [0, 0.1) is 11.8 Å². The molecule has 1 fully saturated rings. The second kappa shape index (κ2) is 19.1. The molecule has 4 aromatic rings. The minimum absolute atomic E-state index is 0.369. The molecule has 1 aliphatic rings. The number of hydrogen-bond donors (Lipinski definition) is 1. The van der Waals surface area contributed by atoms with Crippen molar-refractivity contribution >= 4 is 17.6 Å². The van der Waals surface area contributed by atoms with E-state index in [1.54, 1.807) is 28.1 Å². The molecule has 0 saturated heterocycles. The Morgan fingerprint density at radius 2 is 1.47 bits per heavy atom. The number of carbonyl (C=O) groups is 1. The molecule has 278 valence electrons. The molecule has 1 unspecified atom stereocenters. The number of aromatic nitrogens is 2. The van der Waals surface area contributed by atoms with Gasteiger partial charge >= 0.3 is 5.97 Å². The second-order valence-electron chi connectivity index (χ2n) is 13.0. The van der Waals surface area contributed by atoms with Gasteiger partial charge in [-0.2, -0.15) is 0 Å². The minimum Gasteiger partial charge on any atom is -0.497 e. The van der Waals surface area contributed by atoms with Crippen molar-refractivity contribution < 1.29 is 42.4 Å². The van der Waals surface area contributed by atoms with Crippen molar-refractivity contribution in [1.82, 2.24) is 9.97 Å². The quantitative estimate of drug-likeness (QED) is 0.111. The number of hydrogen-bond acceptors (Lipinski definition) is 10. The predicted octanol–water partition coefficient (Wildman–Crippen LogP) is 8.91. The van der Waals surface area contributed by atoms with Crippen LogP contribution in [-0.2, 0) is 38.5 Å². The Kier molecular flexibility index (Phi) is 14.9. The van der Waals surface area contributed by atoms with Crippen LogP contribution in [0.3, 0.4) is 0 Å². The van der Waals surface area contributed by atoms with Crippen molar-refractivity contribution in [3.63, 3.8) is 0 Å². The Bertz CT molecular complexity index is 1680. The maximum absolute atomic E-state index is 11.2. The number of carboxylic acid groups (broad SMARTS) is 1. The van der Waals surface area contributed by atoms with Crippen LogP contribution >= 0.6 is 11.6 Å². The Balaban J connectivity index is 0.000000261. The summed E-state index contributed by atoms with van der Waals surface area (Å²) < 4.78 is 39.0. The normalized spacial score (nSPS) is 16.6. The zero-order chi connectivity index (χ0) is 37.0. The van der Waals surface area contributed by atoms with Gasteiger partial charge in [-0.05, 0) is 81.3 Å². The van der Waals surface area contributed by atoms with E-state index in [1.165, 1.54) is 7.11 Å². The van der Waals surface area contributed by atoms with E-state index in [0.717, 1.165) is 71.9 Å². The van der Waals surface area contributed by atoms with E-state index < -0.39 is 17.1 Å². The molecule has 1 saturated carbocycles. The highest BCUT2D eigenvalue weighted by molar-refractivity contribution is 6.19. The number of nitrogens with zero attached hydrogens (tertiary/aromatic N) is 2. The molecule has 2 heterocycles. The number of aliphatic carboxylic acids is 1. The van der Waals surface area contributed by atoms with Crippen LogP contribution in [0.25, 0.3) is 22.9 Å². The van der Waals surface area contributed by atoms with Crippen molar-refractivity contribution in [3.8, 4) is 34.4 Å². The Labute approximate surface area is 305 Å². The first-order chi connectivity index (χ1) is 24.5. The Hall–Kier alpha value is -3.90. The van der Waals surface area contributed by atoms with Gasteiger partial charge in [-0.15, -0.1) is 0 Å². The molecular formula is C39H51ClN2O9. The predicted molar refractivity (Wildman–Crippen MR) is 194 cm³/mol. The van der Waals surface area contributed by atoms with Gasteiger partial charge in [0, 0.05) is 37.7 Å². The third kappa shape index (κ3) is 11.0. The van der Waals surface area contributed by atoms with Crippen molar-refractivity contribution in [2.24, 2.45) is 11.8 Å². The van der Waals surface area contributed by atoms with Gasteiger partial charge in [-0.25, -0.2) is 14.8 Å². The van der Waals surface area contributed by atoms with Gasteiger partial charge in [-0.3, -0.25) is 0 Å². The standard InChI is InChI=1S/C25H35NO6.C14H16ClNO3/c1-5-22-21(26-23(32-22)19-10-7-11-20(13-19)29-4)16-30-14-17-8-6-9-18(12-17)15-31-25(2,3)24(27)28;1-4-11-12(13(15)18-3)16-14(19-11)9-6-5-7-10(8-9)17-2/h7,10-11,13,17-18H,5-6,8-9,12,14-16H2,1-4H3,(H,27,28);5-8,13H,4H2,1-3H3/t17-,18+;/m0./s1. The fourth-order valence-electron chi connectivity index (χ4n) is 5.85. The smallest absolute Gasteiger partial charge is 0.335 e. The lowest BCUT2D eigenvalue weighted by atomic mass is 9.82. The minimum atomic E-state index is -1.15. The summed E-state index contributed by atoms with van der Waals surface area (Å²) in [5, 5.41) is 9.23. The number of rotatable bonds is 16. The molecule has 2 aromatic carbocycles. The average Bonchev–Trinajstić information content (AvgIpc) is 3.79. The summed E-state index contributed by atoms with van der Waals surface area (Å²) in [7, 11) is 4.80. The van der Waals surface area contributed by atoms with E-state index in [2.05, 4.69) is 9.97 Å². The number of benzene rings is 2. The summed E-state index contributed by atoms with van der Waals surface area (Å²) in [5.74, 6) is 4.08. The monoisotopic (exact) mass is 726 g/mol. The van der Waals surface area contributed by atoms with Crippen LogP contribution in [-0.4, -0.2) is 61.2 Å². The number of ether oxygens (including phenoxy) is 5. The first-order valence-corrected chi connectivity index (χ1v) is 17.8. The average molecular weight is 727 g/mol. The summed E-state index contributed by atoms with van der Waals surface area (Å²) in [6, 6.07) is 15.2. The number of oxazole rings is 2. The number of aryl methyl sites for hydroxylation is 2. The lowest BCUT2D eigenvalue weighted by Crippen LogP contribution is -2.37. The summed E-state index contributed by atoms with van der Waals surface area (Å²) in [5.41, 5.74) is 1.45. The highest BCUT2D eigenvalue weighted by atomic mass is 35.5. The van der Waals surface area contributed by atoms with Gasteiger partial charge in [0.15, 0.2) is 11.2 Å². The van der Waals surface area contributed by atoms with Crippen molar-refractivity contribution in [1.29, 1.82) is 0 Å². The van der Waals surface area contributed by atoms with E-state index in [9.17, 15) is 9.90 Å².